The van der Waals surface area contributed by atoms with Gasteiger partial charge in [-0.1, -0.05) is 46.8 Å². The molecule has 0 saturated carbocycles. The molecule has 3 heteroatoms. The average molecular weight is 276 g/mol. The zero-order valence-electron chi connectivity index (χ0n) is 13.4. The van der Waals surface area contributed by atoms with Crippen LogP contribution in [0.15, 0.2) is 24.3 Å². The number of anilines is 1. The maximum atomic E-state index is 11.9. The predicted molar refractivity (Wildman–Crippen MR) is 85.8 cm³/mol. The number of carbonyl (C=O) groups is 1. The first-order chi connectivity index (χ1) is 9.17. The van der Waals surface area contributed by atoms with Gasteiger partial charge >= 0.3 is 0 Å². The van der Waals surface area contributed by atoms with Crippen LogP contribution in [0.3, 0.4) is 0 Å². The van der Waals surface area contributed by atoms with E-state index in [4.69, 9.17) is 5.73 Å². The number of carbonyl (C=O) groups excluding carboxylic acids is 1. The first kappa shape index (κ1) is 16.7. The molecule has 0 aliphatic heterocycles. The first-order valence-corrected chi connectivity index (χ1v) is 7.33. The Morgan fingerprint density at radius 3 is 2.20 bits per heavy atom. The van der Waals surface area contributed by atoms with Gasteiger partial charge in [0.2, 0.25) is 5.91 Å². The average Bonchev–Trinajstić information content (AvgIpc) is 2.26. The van der Waals surface area contributed by atoms with Crippen LogP contribution in [0.5, 0.6) is 0 Å². The summed E-state index contributed by atoms with van der Waals surface area (Å²) in [5, 5.41) is 2.91. The normalized spacial score (nSPS) is 13.3. The van der Waals surface area contributed by atoms with Crippen LogP contribution in [0.2, 0.25) is 0 Å². The van der Waals surface area contributed by atoms with Gasteiger partial charge in [0.05, 0.1) is 0 Å². The summed E-state index contributed by atoms with van der Waals surface area (Å²) in [7, 11) is 0. The standard InChI is InChI=1S/C17H28N2O/c1-12(2)13-6-8-15(9-7-13)19-16(20)10-14(18)11-17(3,4)5/h6-9,12,14H,10-11,18H2,1-5H3,(H,19,20). The van der Waals surface area contributed by atoms with Gasteiger partial charge in [-0.15, -0.1) is 0 Å². The second-order valence-electron chi connectivity index (χ2n) is 7.05. The third-order valence-electron chi connectivity index (χ3n) is 3.18. The Labute approximate surface area is 122 Å². The summed E-state index contributed by atoms with van der Waals surface area (Å²) < 4.78 is 0. The van der Waals surface area contributed by atoms with Crippen molar-refractivity contribution in [1.29, 1.82) is 0 Å². The summed E-state index contributed by atoms with van der Waals surface area (Å²) in [5.41, 5.74) is 8.28. The van der Waals surface area contributed by atoms with Crippen molar-refractivity contribution in [3.05, 3.63) is 29.8 Å². The van der Waals surface area contributed by atoms with Gasteiger partial charge in [-0.3, -0.25) is 4.79 Å². The van der Waals surface area contributed by atoms with Gasteiger partial charge in [0.25, 0.3) is 0 Å². The Morgan fingerprint density at radius 2 is 1.75 bits per heavy atom. The van der Waals surface area contributed by atoms with Crippen LogP contribution in [0.1, 0.15) is 58.9 Å². The molecular formula is C17H28N2O. The Hall–Kier alpha value is -1.35. The molecule has 0 fully saturated rings. The van der Waals surface area contributed by atoms with Crippen molar-refractivity contribution in [2.45, 2.75) is 59.4 Å². The van der Waals surface area contributed by atoms with Crippen LogP contribution in [-0.2, 0) is 4.79 Å². The van der Waals surface area contributed by atoms with Crippen molar-refractivity contribution in [3.8, 4) is 0 Å². The van der Waals surface area contributed by atoms with Crippen molar-refractivity contribution in [2.24, 2.45) is 11.1 Å². The minimum absolute atomic E-state index is 0.0148. The lowest BCUT2D eigenvalue weighted by Gasteiger charge is -2.22. The molecule has 3 nitrogen and oxygen atoms in total. The Kier molecular flexibility index (Phi) is 5.75. The highest BCUT2D eigenvalue weighted by molar-refractivity contribution is 5.91. The summed E-state index contributed by atoms with van der Waals surface area (Å²) in [5.74, 6) is 0.485. The van der Waals surface area contributed by atoms with E-state index in [9.17, 15) is 4.79 Å². The van der Waals surface area contributed by atoms with Crippen LogP contribution >= 0.6 is 0 Å². The minimum Gasteiger partial charge on any atom is -0.327 e. The predicted octanol–water partition coefficient (Wildman–Crippen LogP) is 3.90. The first-order valence-electron chi connectivity index (χ1n) is 7.33. The van der Waals surface area contributed by atoms with E-state index < -0.39 is 0 Å². The topological polar surface area (TPSA) is 55.1 Å². The van der Waals surface area contributed by atoms with Crippen molar-refractivity contribution in [1.82, 2.24) is 0 Å². The molecule has 1 amide bonds. The van der Waals surface area contributed by atoms with Gasteiger partial charge in [-0.05, 0) is 35.4 Å². The largest absolute Gasteiger partial charge is 0.327 e. The van der Waals surface area contributed by atoms with Crippen molar-refractivity contribution >= 4 is 11.6 Å². The van der Waals surface area contributed by atoms with Gasteiger partial charge < -0.3 is 11.1 Å². The zero-order valence-corrected chi connectivity index (χ0v) is 13.4. The summed E-state index contributed by atoms with van der Waals surface area (Å²) >= 11 is 0. The summed E-state index contributed by atoms with van der Waals surface area (Å²) in [6, 6.07) is 7.90. The Morgan fingerprint density at radius 1 is 1.20 bits per heavy atom. The van der Waals surface area contributed by atoms with Gasteiger partial charge in [-0.25, -0.2) is 0 Å². The maximum Gasteiger partial charge on any atom is 0.225 e. The van der Waals surface area contributed by atoms with E-state index in [-0.39, 0.29) is 17.4 Å². The second-order valence-corrected chi connectivity index (χ2v) is 7.05. The highest BCUT2D eigenvalue weighted by Crippen LogP contribution is 2.21. The van der Waals surface area contributed by atoms with Gasteiger partial charge in [0.15, 0.2) is 0 Å². The van der Waals surface area contributed by atoms with Crippen molar-refractivity contribution in [2.75, 3.05) is 5.32 Å². The van der Waals surface area contributed by atoms with Crippen LogP contribution in [-0.4, -0.2) is 11.9 Å². The molecular weight excluding hydrogens is 248 g/mol. The molecule has 0 heterocycles. The van der Waals surface area contributed by atoms with Gasteiger partial charge in [0.1, 0.15) is 0 Å². The lowest BCUT2D eigenvalue weighted by Crippen LogP contribution is -2.31. The lowest BCUT2D eigenvalue weighted by atomic mass is 9.87. The van der Waals surface area contributed by atoms with E-state index in [1.807, 2.05) is 12.1 Å². The van der Waals surface area contributed by atoms with Crippen LogP contribution in [0, 0.1) is 5.41 Å². The molecule has 0 aliphatic carbocycles. The molecule has 1 aromatic carbocycles. The monoisotopic (exact) mass is 276 g/mol. The highest BCUT2D eigenvalue weighted by atomic mass is 16.1. The van der Waals surface area contributed by atoms with E-state index in [0.717, 1.165) is 12.1 Å². The van der Waals surface area contributed by atoms with Gasteiger partial charge in [0, 0.05) is 18.2 Å². The molecule has 0 aromatic heterocycles. The van der Waals surface area contributed by atoms with Crippen molar-refractivity contribution in [3.63, 3.8) is 0 Å². The SMILES string of the molecule is CC(C)c1ccc(NC(=O)CC(N)CC(C)(C)C)cc1. The molecule has 0 saturated heterocycles. The zero-order chi connectivity index (χ0) is 15.3. The lowest BCUT2D eigenvalue weighted by molar-refractivity contribution is -0.116. The van der Waals surface area contributed by atoms with E-state index in [0.29, 0.717) is 12.3 Å². The van der Waals surface area contributed by atoms with Crippen molar-refractivity contribution < 1.29 is 4.79 Å². The van der Waals surface area contributed by atoms with Crippen LogP contribution < -0.4 is 11.1 Å². The number of hydrogen-bond acceptors (Lipinski definition) is 2. The molecule has 1 rings (SSSR count). The van der Waals surface area contributed by atoms with E-state index in [1.54, 1.807) is 0 Å². The number of nitrogens with one attached hydrogen (secondary N) is 1. The van der Waals surface area contributed by atoms with E-state index in [1.165, 1.54) is 5.56 Å². The Bertz CT molecular complexity index is 429. The van der Waals surface area contributed by atoms with Gasteiger partial charge in [-0.2, -0.15) is 0 Å². The minimum atomic E-state index is -0.0927. The number of hydrogen-bond donors (Lipinski definition) is 2. The molecule has 0 radical (unpaired) electrons. The van der Waals surface area contributed by atoms with Crippen LogP contribution in [0.4, 0.5) is 5.69 Å². The molecule has 1 atom stereocenters. The number of nitrogens with two attached hydrogens (primary N) is 1. The summed E-state index contributed by atoms with van der Waals surface area (Å²) in [6.07, 6.45) is 1.20. The molecule has 1 unspecified atom stereocenters. The molecule has 1 aromatic rings. The molecule has 112 valence electrons. The molecule has 0 bridgehead atoms. The number of benzene rings is 1. The third kappa shape index (κ3) is 6.20. The molecule has 20 heavy (non-hydrogen) atoms. The highest BCUT2D eigenvalue weighted by Gasteiger charge is 2.18. The fourth-order valence-electron chi connectivity index (χ4n) is 2.26. The quantitative estimate of drug-likeness (QED) is 0.857. The molecule has 3 N–H and O–H groups in total. The summed E-state index contributed by atoms with van der Waals surface area (Å²) in [6.45, 7) is 10.7. The third-order valence-corrected chi connectivity index (χ3v) is 3.18. The fourth-order valence-corrected chi connectivity index (χ4v) is 2.26. The Balaban J connectivity index is 2.50. The van der Waals surface area contributed by atoms with E-state index in [2.05, 4.69) is 52.1 Å². The second kappa shape index (κ2) is 6.89. The number of amides is 1. The molecule has 0 aliphatic rings. The summed E-state index contributed by atoms with van der Waals surface area (Å²) in [4.78, 5) is 11.9. The smallest absolute Gasteiger partial charge is 0.225 e. The fraction of sp³-hybridized carbons (Fsp3) is 0.588. The van der Waals surface area contributed by atoms with Crippen LogP contribution in [0.25, 0.3) is 0 Å². The number of rotatable bonds is 5. The van der Waals surface area contributed by atoms with E-state index >= 15 is 0 Å². The molecule has 0 spiro atoms. The maximum absolute atomic E-state index is 11.9.